The first kappa shape index (κ1) is 17.4. The van der Waals surface area contributed by atoms with Gasteiger partial charge in [-0.15, -0.1) is 0 Å². The average Bonchev–Trinajstić information content (AvgIpc) is 2.47. The largest absolute Gasteiger partial charge is 0.309 e. The van der Waals surface area contributed by atoms with Gasteiger partial charge in [0.25, 0.3) is 0 Å². The third-order valence-corrected chi connectivity index (χ3v) is 6.58. The van der Waals surface area contributed by atoms with Gasteiger partial charge in [0.15, 0.2) is 0 Å². The maximum absolute atomic E-state index is 13.6. The normalized spacial score (nSPS) is 23.9. The third-order valence-electron chi connectivity index (χ3n) is 4.34. The Kier molecular flexibility index (Phi) is 5.58. The predicted molar refractivity (Wildman–Crippen MR) is 86.4 cm³/mol. The number of rotatable bonds is 5. The molecule has 1 aromatic carbocycles. The molecule has 0 spiro atoms. The fourth-order valence-corrected chi connectivity index (χ4v) is 4.22. The SMILES string of the molecule is CC(C)S(=O)(=O)N1CC[C@@H](NCc2ccccc2F)[C@H](C)C1. The van der Waals surface area contributed by atoms with Gasteiger partial charge in [0.05, 0.1) is 5.25 Å². The van der Waals surface area contributed by atoms with E-state index in [1.165, 1.54) is 6.07 Å². The highest BCUT2D eigenvalue weighted by molar-refractivity contribution is 7.89. The van der Waals surface area contributed by atoms with E-state index < -0.39 is 10.0 Å². The molecule has 1 aliphatic rings. The quantitative estimate of drug-likeness (QED) is 0.903. The summed E-state index contributed by atoms with van der Waals surface area (Å²) in [5.74, 6) is -0.00322. The smallest absolute Gasteiger partial charge is 0.216 e. The molecule has 2 atom stereocenters. The Morgan fingerprint density at radius 3 is 2.64 bits per heavy atom. The van der Waals surface area contributed by atoms with Gasteiger partial charge in [-0.1, -0.05) is 25.1 Å². The van der Waals surface area contributed by atoms with Gasteiger partial charge in [-0.2, -0.15) is 0 Å². The minimum atomic E-state index is -3.18. The fraction of sp³-hybridized carbons (Fsp3) is 0.625. The molecule has 0 aromatic heterocycles. The zero-order valence-corrected chi connectivity index (χ0v) is 14.2. The van der Waals surface area contributed by atoms with Crippen LogP contribution in [0, 0.1) is 11.7 Å². The summed E-state index contributed by atoms with van der Waals surface area (Å²) in [7, 11) is -3.18. The second-order valence-corrected chi connectivity index (χ2v) is 8.79. The van der Waals surface area contributed by atoms with E-state index >= 15 is 0 Å². The minimum Gasteiger partial charge on any atom is -0.309 e. The molecular formula is C16H25FN2O2S. The summed E-state index contributed by atoms with van der Waals surface area (Å²) in [6, 6.07) is 6.93. The third kappa shape index (κ3) is 3.86. The second-order valence-electron chi connectivity index (χ2n) is 6.30. The van der Waals surface area contributed by atoms with Crippen molar-refractivity contribution in [3.63, 3.8) is 0 Å². The van der Waals surface area contributed by atoms with Crippen molar-refractivity contribution >= 4 is 10.0 Å². The zero-order valence-electron chi connectivity index (χ0n) is 13.4. The molecule has 1 aliphatic heterocycles. The molecule has 2 rings (SSSR count). The second kappa shape index (κ2) is 7.06. The van der Waals surface area contributed by atoms with Gasteiger partial charge in [0.1, 0.15) is 5.82 Å². The number of nitrogens with one attached hydrogen (secondary N) is 1. The Bertz CT molecular complexity index is 604. The molecule has 0 aliphatic carbocycles. The molecule has 6 heteroatoms. The average molecular weight is 328 g/mol. The fourth-order valence-electron chi connectivity index (χ4n) is 2.82. The number of halogens is 1. The van der Waals surface area contributed by atoms with Crippen molar-refractivity contribution in [2.24, 2.45) is 5.92 Å². The number of hydrogen-bond acceptors (Lipinski definition) is 3. The molecule has 0 bridgehead atoms. The van der Waals surface area contributed by atoms with Crippen LogP contribution < -0.4 is 5.32 Å². The summed E-state index contributed by atoms with van der Waals surface area (Å²) >= 11 is 0. The van der Waals surface area contributed by atoms with E-state index in [0.717, 1.165) is 6.42 Å². The standard InChI is InChI=1S/C16H25FN2O2S/c1-12(2)22(20,21)19-9-8-16(13(3)11-19)18-10-14-6-4-5-7-15(14)17/h4-7,12-13,16,18H,8-11H2,1-3H3/t13-,16-/m1/s1. The summed E-state index contributed by atoms with van der Waals surface area (Å²) in [6.07, 6.45) is 0.752. The molecule has 1 saturated heterocycles. The Morgan fingerprint density at radius 2 is 2.05 bits per heavy atom. The lowest BCUT2D eigenvalue weighted by Crippen LogP contribution is -2.51. The van der Waals surface area contributed by atoms with Crippen molar-refractivity contribution in [2.45, 2.75) is 45.0 Å². The van der Waals surface area contributed by atoms with E-state index in [-0.39, 0.29) is 23.0 Å². The first-order chi connectivity index (χ1) is 10.3. The van der Waals surface area contributed by atoms with Gasteiger partial charge in [-0.3, -0.25) is 0 Å². The number of nitrogens with zero attached hydrogens (tertiary/aromatic N) is 1. The first-order valence-electron chi connectivity index (χ1n) is 7.78. The Hall–Kier alpha value is -0.980. The number of sulfonamides is 1. The molecular weight excluding hydrogens is 303 g/mol. The molecule has 124 valence electrons. The molecule has 0 unspecified atom stereocenters. The Balaban J connectivity index is 1.93. The maximum atomic E-state index is 13.6. The molecule has 1 aromatic rings. The molecule has 0 radical (unpaired) electrons. The van der Waals surface area contributed by atoms with Crippen LogP contribution in [0.5, 0.6) is 0 Å². The van der Waals surface area contributed by atoms with Gasteiger partial charge >= 0.3 is 0 Å². The van der Waals surface area contributed by atoms with Gasteiger partial charge < -0.3 is 5.32 Å². The molecule has 22 heavy (non-hydrogen) atoms. The van der Waals surface area contributed by atoms with Crippen LogP contribution in [0.3, 0.4) is 0 Å². The van der Waals surface area contributed by atoms with E-state index in [2.05, 4.69) is 5.32 Å². The van der Waals surface area contributed by atoms with E-state index in [1.807, 2.05) is 13.0 Å². The van der Waals surface area contributed by atoms with Crippen LogP contribution in [0.4, 0.5) is 4.39 Å². The monoisotopic (exact) mass is 328 g/mol. The highest BCUT2D eigenvalue weighted by Gasteiger charge is 2.33. The van der Waals surface area contributed by atoms with Gasteiger partial charge in [0.2, 0.25) is 10.0 Å². The van der Waals surface area contributed by atoms with Crippen LogP contribution in [-0.2, 0) is 16.6 Å². The van der Waals surface area contributed by atoms with Gasteiger partial charge in [0, 0.05) is 31.2 Å². The van der Waals surface area contributed by atoms with Crippen LogP contribution in [0.25, 0.3) is 0 Å². The van der Waals surface area contributed by atoms with E-state index in [1.54, 1.807) is 30.3 Å². The molecule has 1 fully saturated rings. The molecule has 1 heterocycles. The number of hydrogen-bond donors (Lipinski definition) is 1. The van der Waals surface area contributed by atoms with Crippen molar-refractivity contribution in [1.82, 2.24) is 9.62 Å². The Labute approximate surface area is 132 Å². The minimum absolute atomic E-state index is 0.203. The maximum Gasteiger partial charge on any atom is 0.216 e. The van der Waals surface area contributed by atoms with E-state index in [0.29, 0.717) is 25.2 Å². The van der Waals surface area contributed by atoms with Gasteiger partial charge in [-0.05, 0) is 32.3 Å². The van der Waals surface area contributed by atoms with Crippen LogP contribution in [0.2, 0.25) is 0 Å². The van der Waals surface area contributed by atoms with Crippen LogP contribution in [-0.4, -0.2) is 37.1 Å². The number of benzene rings is 1. The van der Waals surface area contributed by atoms with Crippen molar-refractivity contribution in [2.75, 3.05) is 13.1 Å². The van der Waals surface area contributed by atoms with E-state index in [4.69, 9.17) is 0 Å². The lowest BCUT2D eigenvalue weighted by molar-refractivity contribution is 0.218. The van der Waals surface area contributed by atoms with Crippen molar-refractivity contribution in [3.05, 3.63) is 35.6 Å². The number of piperidine rings is 1. The zero-order chi connectivity index (χ0) is 16.3. The molecule has 1 N–H and O–H groups in total. The highest BCUT2D eigenvalue weighted by atomic mass is 32.2. The van der Waals surface area contributed by atoms with E-state index in [9.17, 15) is 12.8 Å². The van der Waals surface area contributed by atoms with Crippen LogP contribution in [0.1, 0.15) is 32.8 Å². The van der Waals surface area contributed by atoms with Crippen molar-refractivity contribution < 1.29 is 12.8 Å². The van der Waals surface area contributed by atoms with Crippen molar-refractivity contribution in [3.8, 4) is 0 Å². The van der Waals surface area contributed by atoms with Crippen LogP contribution in [0.15, 0.2) is 24.3 Å². The van der Waals surface area contributed by atoms with Gasteiger partial charge in [-0.25, -0.2) is 17.1 Å². The molecule has 0 saturated carbocycles. The predicted octanol–water partition coefficient (Wildman–Crippen LogP) is 2.36. The summed E-state index contributed by atoms with van der Waals surface area (Å²) in [5, 5.41) is 2.98. The topological polar surface area (TPSA) is 49.4 Å². The lowest BCUT2D eigenvalue weighted by atomic mass is 9.95. The molecule has 0 amide bonds. The summed E-state index contributed by atoms with van der Waals surface area (Å²) < 4.78 is 39.6. The lowest BCUT2D eigenvalue weighted by Gasteiger charge is -2.37. The Morgan fingerprint density at radius 1 is 1.36 bits per heavy atom. The molecule has 4 nitrogen and oxygen atoms in total. The summed E-state index contributed by atoms with van der Waals surface area (Å²) in [4.78, 5) is 0. The highest BCUT2D eigenvalue weighted by Crippen LogP contribution is 2.22. The van der Waals surface area contributed by atoms with Crippen LogP contribution >= 0.6 is 0 Å². The first-order valence-corrected chi connectivity index (χ1v) is 9.28. The van der Waals surface area contributed by atoms with Crippen molar-refractivity contribution in [1.29, 1.82) is 0 Å². The summed E-state index contributed by atoms with van der Waals surface area (Å²) in [5.41, 5.74) is 0.645. The summed E-state index contributed by atoms with van der Waals surface area (Å²) in [6.45, 7) is 6.99.